The maximum Gasteiger partial charge on any atom is 0.142 e. The predicted octanol–water partition coefficient (Wildman–Crippen LogP) is 2.64. The van der Waals surface area contributed by atoms with E-state index < -0.39 is 0 Å². The number of Topliss-reactive ketones (excluding diaryl/α,β-unsaturated/α-hetero) is 1. The van der Waals surface area contributed by atoms with Crippen molar-refractivity contribution in [2.45, 2.75) is 25.9 Å². The fourth-order valence-electron chi connectivity index (χ4n) is 3.72. The molecule has 28 heavy (non-hydrogen) atoms. The molecule has 1 saturated heterocycles. The van der Waals surface area contributed by atoms with Gasteiger partial charge in [-0.1, -0.05) is 0 Å². The minimum Gasteiger partial charge on any atom is -0.392 e. The number of fused-ring (bicyclic) bond motifs is 1. The van der Waals surface area contributed by atoms with Crippen molar-refractivity contribution in [3.8, 4) is 11.1 Å². The van der Waals surface area contributed by atoms with Crippen LogP contribution in [0, 0.1) is 5.92 Å². The van der Waals surface area contributed by atoms with Gasteiger partial charge in [-0.25, -0.2) is 0 Å². The fraction of sp³-hybridized carbons (Fsp3) is 0.364. The number of aromatic nitrogens is 3. The number of hydrogen-bond donors (Lipinski definition) is 1. The molecule has 6 heteroatoms. The second-order valence-electron chi connectivity index (χ2n) is 7.55. The molecule has 1 N–H and O–H groups in total. The van der Waals surface area contributed by atoms with E-state index in [0.717, 1.165) is 59.2 Å². The van der Waals surface area contributed by atoms with E-state index in [4.69, 9.17) is 0 Å². The number of hydrogen-bond acceptors (Lipinski definition) is 6. The Labute approximate surface area is 164 Å². The van der Waals surface area contributed by atoms with Gasteiger partial charge in [0.2, 0.25) is 0 Å². The minimum absolute atomic E-state index is 0.0466. The van der Waals surface area contributed by atoms with Crippen molar-refractivity contribution in [1.29, 1.82) is 0 Å². The number of piperidine rings is 1. The standard InChI is InChI=1S/C22H24N4O2/c1-26-4-2-16(3-5-26)22(28)9-20-8-17-7-19(12-25-21(17)13-24-20)18-6-15(14-27)10-23-11-18/h6-8,10-13,16,27H,2-5,9,14H2,1H3. The summed E-state index contributed by atoms with van der Waals surface area (Å²) in [4.78, 5) is 28.0. The topological polar surface area (TPSA) is 79.2 Å². The lowest BCUT2D eigenvalue weighted by atomic mass is 9.90. The Balaban J connectivity index is 1.56. The third kappa shape index (κ3) is 4.08. The fourth-order valence-corrected chi connectivity index (χ4v) is 3.72. The number of pyridine rings is 3. The third-order valence-electron chi connectivity index (χ3n) is 5.46. The van der Waals surface area contributed by atoms with Crippen molar-refractivity contribution in [3.05, 3.63) is 54.2 Å². The van der Waals surface area contributed by atoms with E-state index in [1.165, 1.54) is 0 Å². The van der Waals surface area contributed by atoms with Crippen LogP contribution in [-0.2, 0) is 17.8 Å². The first-order chi connectivity index (χ1) is 13.6. The Hall–Kier alpha value is -2.70. The summed E-state index contributed by atoms with van der Waals surface area (Å²) in [7, 11) is 2.10. The Kier molecular flexibility index (Phi) is 5.41. The van der Waals surface area contributed by atoms with Crippen molar-refractivity contribution in [3.63, 3.8) is 0 Å². The summed E-state index contributed by atoms with van der Waals surface area (Å²) in [5.74, 6) is 0.425. The van der Waals surface area contributed by atoms with E-state index in [-0.39, 0.29) is 18.3 Å². The van der Waals surface area contributed by atoms with Crippen molar-refractivity contribution < 1.29 is 9.90 Å². The third-order valence-corrected chi connectivity index (χ3v) is 5.46. The van der Waals surface area contributed by atoms with Gasteiger partial charge < -0.3 is 10.0 Å². The molecule has 0 spiro atoms. The summed E-state index contributed by atoms with van der Waals surface area (Å²) < 4.78 is 0. The van der Waals surface area contributed by atoms with Gasteiger partial charge in [-0.05, 0) is 56.7 Å². The molecule has 3 aromatic heterocycles. The molecule has 4 rings (SSSR count). The van der Waals surface area contributed by atoms with Gasteiger partial charge in [0, 0.05) is 53.1 Å². The van der Waals surface area contributed by atoms with E-state index in [0.29, 0.717) is 6.42 Å². The Morgan fingerprint density at radius 2 is 1.86 bits per heavy atom. The van der Waals surface area contributed by atoms with Crippen molar-refractivity contribution in [1.82, 2.24) is 19.9 Å². The van der Waals surface area contributed by atoms with E-state index >= 15 is 0 Å². The van der Waals surface area contributed by atoms with Crippen LogP contribution in [0.4, 0.5) is 0 Å². The first-order valence-corrected chi connectivity index (χ1v) is 9.63. The van der Waals surface area contributed by atoms with Crippen molar-refractivity contribution in [2.75, 3.05) is 20.1 Å². The molecule has 1 aliphatic heterocycles. The molecule has 0 bridgehead atoms. The largest absolute Gasteiger partial charge is 0.392 e. The molecule has 0 amide bonds. The molecule has 3 aromatic rings. The molecule has 0 saturated carbocycles. The zero-order chi connectivity index (χ0) is 19.5. The van der Waals surface area contributed by atoms with Gasteiger partial charge in [-0.2, -0.15) is 0 Å². The van der Waals surface area contributed by atoms with E-state index in [1.54, 1.807) is 24.8 Å². The molecular weight excluding hydrogens is 352 g/mol. The smallest absolute Gasteiger partial charge is 0.142 e. The predicted molar refractivity (Wildman–Crippen MR) is 108 cm³/mol. The minimum atomic E-state index is -0.0466. The maximum absolute atomic E-state index is 12.7. The summed E-state index contributed by atoms with van der Waals surface area (Å²) in [6.45, 7) is 1.92. The van der Waals surface area contributed by atoms with Gasteiger partial charge in [0.15, 0.2) is 0 Å². The van der Waals surface area contributed by atoms with Gasteiger partial charge in [0.1, 0.15) is 5.78 Å². The van der Waals surface area contributed by atoms with Crippen LogP contribution < -0.4 is 0 Å². The maximum atomic E-state index is 12.7. The molecule has 0 aliphatic carbocycles. The number of ketones is 1. The van der Waals surface area contributed by atoms with Crippen molar-refractivity contribution >= 4 is 16.7 Å². The van der Waals surface area contributed by atoms with Crippen LogP contribution in [0.3, 0.4) is 0 Å². The van der Waals surface area contributed by atoms with Crippen LogP contribution >= 0.6 is 0 Å². The van der Waals surface area contributed by atoms with E-state index in [2.05, 4.69) is 26.9 Å². The Bertz CT molecular complexity index is 997. The lowest BCUT2D eigenvalue weighted by molar-refractivity contribution is -0.123. The van der Waals surface area contributed by atoms with Gasteiger partial charge in [0.05, 0.1) is 18.3 Å². The monoisotopic (exact) mass is 376 g/mol. The SMILES string of the molecule is CN1CCC(C(=O)Cc2cc3cc(-c4cncc(CO)c4)cnc3cn2)CC1. The van der Waals surface area contributed by atoms with Crippen LogP contribution in [-0.4, -0.2) is 50.9 Å². The molecular formula is C22H24N4O2. The van der Waals surface area contributed by atoms with Gasteiger partial charge >= 0.3 is 0 Å². The zero-order valence-corrected chi connectivity index (χ0v) is 16.0. The first-order valence-electron chi connectivity index (χ1n) is 9.63. The molecule has 0 unspecified atom stereocenters. The number of rotatable bonds is 5. The summed E-state index contributed by atoms with van der Waals surface area (Å²) >= 11 is 0. The summed E-state index contributed by atoms with van der Waals surface area (Å²) in [5.41, 5.74) is 4.18. The molecule has 1 fully saturated rings. The van der Waals surface area contributed by atoms with Crippen LogP contribution in [0.5, 0.6) is 0 Å². The second kappa shape index (κ2) is 8.12. The summed E-state index contributed by atoms with van der Waals surface area (Å²) in [6.07, 6.45) is 9.16. The van der Waals surface area contributed by atoms with Gasteiger partial charge in [-0.3, -0.25) is 19.7 Å². The Morgan fingerprint density at radius 3 is 2.64 bits per heavy atom. The summed E-state index contributed by atoms with van der Waals surface area (Å²) in [6, 6.07) is 5.90. The van der Waals surface area contributed by atoms with Crippen molar-refractivity contribution in [2.24, 2.45) is 5.92 Å². The lowest BCUT2D eigenvalue weighted by Gasteiger charge is -2.27. The molecule has 1 aliphatic rings. The first kappa shape index (κ1) is 18.7. The normalized spacial score (nSPS) is 15.8. The Morgan fingerprint density at radius 1 is 1.07 bits per heavy atom. The average Bonchev–Trinajstić information content (AvgIpc) is 2.73. The van der Waals surface area contributed by atoms with Crippen LogP contribution in [0.15, 0.2) is 43.0 Å². The highest BCUT2D eigenvalue weighted by atomic mass is 16.3. The summed E-state index contributed by atoms with van der Waals surface area (Å²) in [5, 5.41) is 10.3. The van der Waals surface area contributed by atoms with Gasteiger partial charge in [-0.15, -0.1) is 0 Å². The molecule has 0 radical (unpaired) electrons. The highest BCUT2D eigenvalue weighted by Crippen LogP contribution is 2.24. The number of carbonyl (C=O) groups is 1. The molecule has 6 nitrogen and oxygen atoms in total. The molecule has 0 atom stereocenters. The van der Waals surface area contributed by atoms with Crippen LogP contribution in [0.25, 0.3) is 22.0 Å². The van der Waals surface area contributed by atoms with E-state index in [9.17, 15) is 9.90 Å². The van der Waals surface area contributed by atoms with Gasteiger partial charge in [0.25, 0.3) is 0 Å². The second-order valence-corrected chi connectivity index (χ2v) is 7.55. The zero-order valence-electron chi connectivity index (χ0n) is 16.0. The quantitative estimate of drug-likeness (QED) is 0.737. The number of likely N-dealkylation sites (tertiary alicyclic amines) is 1. The molecule has 0 aromatic carbocycles. The number of carbonyl (C=O) groups excluding carboxylic acids is 1. The van der Waals surface area contributed by atoms with Crippen LogP contribution in [0.1, 0.15) is 24.1 Å². The lowest BCUT2D eigenvalue weighted by Crippen LogP contribution is -2.34. The average molecular weight is 376 g/mol. The number of nitrogens with zero attached hydrogens (tertiary/aromatic N) is 4. The molecule has 144 valence electrons. The van der Waals surface area contributed by atoms with Crippen LogP contribution in [0.2, 0.25) is 0 Å². The highest BCUT2D eigenvalue weighted by molar-refractivity contribution is 5.86. The number of aliphatic hydroxyl groups excluding tert-OH is 1. The van der Waals surface area contributed by atoms with E-state index in [1.807, 2.05) is 18.2 Å². The highest BCUT2D eigenvalue weighted by Gasteiger charge is 2.23. The molecule has 4 heterocycles. The number of aliphatic hydroxyl groups is 1.